The number of benzene rings is 1. The number of H-pyrrole nitrogens is 1. The molecule has 26 heavy (non-hydrogen) atoms. The number of hydrogen-bond acceptors (Lipinski definition) is 5. The van der Waals surface area contributed by atoms with Crippen LogP contribution < -0.4 is 10.6 Å². The molecule has 0 atom stereocenters. The highest BCUT2D eigenvalue weighted by molar-refractivity contribution is 5.48. The molecule has 1 N–H and O–H groups in total. The quantitative estimate of drug-likeness (QED) is 0.784. The van der Waals surface area contributed by atoms with Crippen LogP contribution in [0.1, 0.15) is 35.8 Å². The average Bonchev–Trinajstić information content (AvgIpc) is 3.06. The summed E-state index contributed by atoms with van der Waals surface area (Å²) < 4.78 is 1.69. The molecule has 0 bridgehead atoms. The first-order chi connectivity index (χ1) is 12.6. The van der Waals surface area contributed by atoms with Crippen LogP contribution in [0.4, 0.5) is 5.82 Å². The molecule has 7 nitrogen and oxygen atoms in total. The van der Waals surface area contributed by atoms with Gasteiger partial charge >= 0.3 is 5.69 Å². The van der Waals surface area contributed by atoms with Crippen LogP contribution in [-0.2, 0) is 0 Å². The summed E-state index contributed by atoms with van der Waals surface area (Å²) in [5, 5.41) is 6.94. The zero-order chi connectivity index (χ0) is 18.1. The van der Waals surface area contributed by atoms with Crippen molar-refractivity contribution in [1.29, 1.82) is 0 Å². The van der Waals surface area contributed by atoms with Crippen molar-refractivity contribution in [2.24, 2.45) is 0 Å². The monoisotopic (exact) mass is 350 g/mol. The van der Waals surface area contributed by atoms with E-state index >= 15 is 0 Å². The predicted molar refractivity (Wildman–Crippen MR) is 99.9 cm³/mol. The van der Waals surface area contributed by atoms with Gasteiger partial charge in [-0.05, 0) is 38.8 Å². The summed E-state index contributed by atoms with van der Waals surface area (Å²) >= 11 is 0. The Bertz CT molecular complexity index is 954. The van der Waals surface area contributed by atoms with E-state index in [4.69, 9.17) is 0 Å². The van der Waals surface area contributed by atoms with Gasteiger partial charge in [-0.15, -0.1) is 0 Å². The Labute approximate surface area is 151 Å². The molecule has 0 aliphatic carbocycles. The fraction of sp³-hybridized carbons (Fsp3) is 0.368. The first-order valence-corrected chi connectivity index (χ1v) is 8.91. The molecule has 7 heteroatoms. The van der Waals surface area contributed by atoms with E-state index in [1.54, 1.807) is 10.9 Å². The molecule has 4 rings (SSSR count). The number of aryl methyl sites for hydroxylation is 1. The highest BCUT2D eigenvalue weighted by Crippen LogP contribution is 2.30. The van der Waals surface area contributed by atoms with Gasteiger partial charge < -0.3 is 4.90 Å². The van der Waals surface area contributed by atoms with E-state index in [0.717, 1.165) is 54.5 Å². The summed E-state index contributed by atoms with van der Waals surface area (Å²) in [4.78, 5) is 23.3. The average molecular weight is 350 g/mol. The normalized spacial score (nSPS) is 15.4. The van der Waals surface area contributed by atoms with Crippen molar-refractivity contribution in [3.63, 3.8) is 0 Å². The Hall–Kier alpha value is -2.96. The van der Waals surface area contributed by atoms with E-state index < -0.39 is 0 Å². The molecule has 2 aromatic heterocycles. The number of aromatic nitrogens is 5. The van der Waals surface area contributed by atoms with Crippen molar-refractivity contribution in [3.8, 4) is 5.69 Å². The summed E-state index contributed by atoms with van der Waals surface area (Å²) in [6.45, 7) is 5.85. The molecule has 1 saturated heterocycles. The summed E-state index contributed by atoms with van der Waals surface area (Å²) in [7, 11) is 0. The summed E-state index contributed by atoms with van der Waals surface area (Å²) in [6, 6.07) is 9.67. The largest absolute Gasteiger partial charge is 0.356 e. The molecule has 1 aliphatic heterocycles. The van der Waals surface area contributed by atoms with Gasteiger partial charge in [0.15, 0.2) is 0 Å². The SMILES string of the molecule is Cc1ncnc(N2CCC(c3n[nH]c(=O)n3-c3ccccc3)CC2)c1C. The topological polar surface area (TPSA) is 79.7 Å². The highest BCUT2D eigenvalue weighted by atomic mass is 16.1. The van der Waals surface area contributed by atoms with Crippen LogP contribution in [0.25, 0.3) is 5.69 Å². The van der Waals surface area contributed by atoms with Gasteiger partial charge in [0.05, 0.1) is 5.69 Å². The maximum atomic E-state index is 12.3. The lowest BCUT2D eigenvalue weighted by Crippen LogP contribution is -2.35. The number of aromatic amines is 1. The van der Waals surface area contributed by atoms with Gasteiger partial charge in [-0.2, -0.15) is 5.10 Å². The van der Waals surface area contributed by atoms with Crippen LogP contribution in [-0.4, -0.2) is 37.8 Å². The van der Waals surface area contributed by atoms with Gasteiger partial charge in [-0.1, -0.05) is 18.2 Å². The van der Waals surface area contributed by atoms with Gasteiger partial charge in [0.1, 0.15) is 18.0 Å². The Morgan fingerprint density at radius 3 is 2.54 bits per heavy atom. The third kappa shape index (κ3) is 2.89. The molecule has 134 valence electrons. The van der Waals surface area contributed by atoms with Crippen molar-refractivity contribution in [2.45, 2.75) is 32.6 Å². The lowest BCUT2D eigenvalue weighted by molar-refractivity contribution is 0.476. The van der Waals surface area contributed by atoms with Crippen molar-refractivity contribution in [3.05, 3.63) is 64.2 Å². The Morgan fingerprint density at radius 2 is 1.81 bits per heavy atom. The van der Waals surface area contributed by atoms with E-state index in [-0.39, 0.29) is 11.6 Å². The molecule has 0 spiro atoms. The number of nitrogens with zero attached hydrogens (tertiary/aromatic N) is 5. The van der Waals surface area contributed by atoms with E-state index in [2.05, 4.69) is 32.0 Å². The predicted octanol–water partition coefficient (Wildman–Crippen LogP) is 2.35. The third-order valence-electron chi connectivity index (χ3n) is 5.18. The first kappa shape index (κ1) is 16.5. The zero-order valence-corrected chi connectivity index (χ0v) is 15.0. The number of anilines is 1. The molecule has 0 saturated carbocycles. The minimum Gasteiger partial charge on any atom is -0.356 e. The molecular weight excluding hydrogens is 328 g/mol. The third-order valence-corrected chi connectivity index (χ3v) is 5.18. The minimum absolute atomic E-state index is 0.184. The minimum atomic E-state index is -0.184. The number of nitrogens with one attached hydrogen (secondary N) is 1. The van der Waals surface area contributed by atoms with E-state index in [9.17, 15) is 4.79 Å². The van der Waals surface area contributed by atoms with Gasteiger partial charge in [0, 0.05) is 30.3 Å². The van der Waals surface area contributed by atoms with Crippen LogP contribution >= 0.6 is 0 Å². The molecule has 3 heterocycles. The van der Waals surface area contributed by atoms with Gasteiger partial charge in [-0.3, -0.25) is 0 Å². The molecule has 1 fully saturated rings. The fourth-order valence-electron chi connectivity index (χ4n) is 3.60. The zero-order valence-electron chi connectivity index (χ0n) is 15.0. The van der Waals surface area contributed by atoms with Gasteiger partial charge in [0.25, 0.3) is 0 Å². The smallest absolute Gasteiger partial charge is 0.347 e. The molecule has 0 amide bonds. The Kier molecular flexibility index (Phi) is 4.28. The van der Waals surface area contributed by atoms with Crippen molar-refractivity contribution in [1.82, 2.24) is 24.7 Å². The molecule has 1 aliphatic rings. The summed E-state index contributed by atoms with van der Waals surface area (Å²) in [6.07, 6.45) is 3.49. The van der Waals surface area contributed by atoms with E-state index in [1.807, 2.05) is 37.3 Å². The molecule has 0 unspecified atom stereocenters. The van der Waals surface area contributed by atoms with Crippen LogP contribution in [0, 0.1) is 13.8 Å². The number of hydrogen-bond donors (Lipinski definition) is 1. The molecule has 0 radical (unpaired) electrons. The molecule has 1 aromatic carbocycles. The lowest BCUT2D eigenvalue weighted by atomic mass is 9.95. The number of para-hydroxylation sites is 1. The Balaban J connectivity index is 1.56. The van der Waals surface area contributed by atoms with Gasteiger partial charge in [-0.25, -0.2) is 24.4 Å². The number of piperidine rings is 1. The van der Waals surface area contributed by atoms with Crippen LogP contribution in [0.3, 0.4) is 0 Å². The highest BCUT2D eigenvalue weighted by Gasteiger charge is 2.27. The van der Waals surface area contributed by atoms with Gasteiger partial charge in [0.2, 0.25) is 0 Å². The summed E-state index contributed by atoms with van der Waals surface area (Å²) in [5.74, 6) is 2.07. The van der Waals surface area contributed by atoms with Crippen LogP contribution in [0.15, 0.2) is 41.5 Å². The van der Waals surface area contributed by atoms with Crippen molar-refractivity contribution >= 4 is 5.82 Å². The second-order valence-electron chi connectivity index (χ2n) is 6.73. The van der Waals surface area contributed by atoms with Crippen LogP contribution in [0.2, 0.25) is 0 Å². The summed E-state index contributed by atoms with van der Waals surface area (Å²) in [5.41, 5.74) is 2.82. The Morgan fingerprint density at radius 1 is 1.08 bits per heavy atom. The fourth-order valence-corrected chi connectivity index (χ4v) is 3.60. The maximum absolute atomic E-state index is 12.3. The second-order valence-corrected chi connectivity index (χ2v) is 6.73. The van der Waals surface area contributed by atoms with E-state index in [0.29, 0.717) is 0 Å². The maximum Gasteiger partial charge on any atom is 0.347 e. The number of rotatable bonds is 3. The second kappa shape index (κ2) is 6.74. The van der Waals surface area contributed by atoms with Crippen molar-refractivity contribution < 1.29 is 0 Å². The van der Waals surface area contributed by atoms with E-state index in [1.165, 1.54) is 0 Å². The molecule has 3 aromatic rings. The first-order valence-electron chi connectivity index (χ1n) is 8.91. The lowest BCUT2D eigenvalue weighted by Gasteiger charge is -2.33. The van der Waals surface area contributed by atoms with Crippen LogP contribution in [0.5, 0.6) is 0 Å². The molecular formula is C19H22N6O. The standard InChI is InChI=1S/C19H22N6O/c1-13-14(2)20-12-21-17(13)24-10-8-15(9-11-24)18-22-23-19(26)25(18)16-6-4-3-5-7-16/h3-7,12,15H,8-11H2,1-2H3,(H,23,26). The van der Waals surface area contributed by atoms with Crippen molar-refractivity contribution in [2.75, 3.05) is 18.0 Å².